The summed E-state index contributed by atoms with van der Waals surface area (Å²) in [6, 6.07) is 7.47. The third kappa shape index (κ3) is 3.25. The van der Waals surface area contributed by atoms with Gasteiger partial charge in [0.05, 0.1) is 10.6 Å². The predicted octanol–water partition coefficient (Wildman–Crippen LogP) is 4.33. The first-order valence-corrected chi connectivity index (χ1v) is 6.82. The van der Waals surface area contributed by atoms with Crippen LogP contribution in [0.4, 0.5) is 13.2 Å². The molecule has 2 aromatic carbocycles. The molecule has 120 valence electrons. The van der Waals surface area contributed by atoms with Gasteiger partial charge in [-0.05, 0) is 42.0 Å². The van der Waals surface area contributed by atoms with Crippen molar-refractivity contribution in [3.63, 3.8) is 0 Å². The lowest BCUT2D eigenvalue weighted by Crippen LogP contribution is -2.29. The van der Waals surface area contributed by atoms with Crippen LogP contribution < -0.4 is 10.2 Å². The topological polar surface area (TPSA) is 47.6 Å². The van der Waals surface area contributed by atoms with E-state index in [2.05, 4.69) is 5.48 Å². The fraction of sp³-hybridized carbons (Fsp3) is 0.133. The van der Waals surface area contributed by atoms with Crippen molar-refractivity contribution >= 4 is 17.5 Å². The van der Waals surface area contributed by atoms with Crippen molar-refractivity contribution in [3.05, 3.63) is 58.1 Å². The Morgan fingerprint density at radius 3 is 2.65 bits per heavy atom. The molecule has 2 aromatic rings. The van der Waals surface area contributed by atoms with Crippen molar-refractivity contribution in [2.45, 2.75) is 12.8 Å². The molecule has 23 heavy (non-hydrogen) atoms. The van der Waals surface area contributed by atoms with E-state index >= 15 is 0 Å². The van der Waals surface area contributed by atoms with E-state index in [0.29, 0.717) is 16.9 Å². The summed E-state index contributed by atoms with van der Waals surface area (Å²) in [7, 11) is 0. The number of amides is 1. The molecule has 1 heterocycles. The number of carbonyl (C=O) groups excluding carboxylic acids is 1. The van der Waals surface area contributed by atoms with Gasteiger partial charge in [-0.3, -0.25) is 9.63 Å². The minimum Gasteiger partial charge on any atom is -0.456 e. The number of fused-ring (bicyclic) bond motifs is 1. The predicted molar refractivity (Wildman–Crippen MR) is 75.2 cm³/mol. The van der Waals surface area contributed by atoms with Crippen molar-refractivity contribution in [2.24, 2.45) is 0 Å². The number of hydrogen-bond donors (Lipinski definition) is 1. The van der Waals surface area contributed by atoms with Crippen LogP contribution >= 0.6 is 11.6 Å². The largest absolute Gasteiger partial charge is 0.456 e. The van der Waals surface area contributed by atoms with E-state index in [-0.39, 0.29) is 23.3 Å². The van der Waals surface area contributed by atoms with E-state index in [9.17, 15) is 18.0 Å². The number of alkyl halides is 3. The van der Waals surface area contributed by atoms with Crippen molar-refractivity contribution in [1.29, 1.82) is 0 Å². The van der Waals surface area contributed by atoms with Gasteiger partial charge in [0.1, 0.15) is 18.1 Å². The second-order valence-electron chi connectivity index (χ2n) is 4.78. The fourth-order valence-electron chi connectivity index (χ4n) is 2.10. The SMILES string of the molecule is O=C1NOCc2cc(Oc3ccc(C(F)(F)F)cc3Cl)ccc21. The molecule has 4 nitrogen and oxygen atoms in total. The first-order chi connectivity index (χ1) is 10.8. The van der Waals surface area contributed by atoms with Gasteiger partial charge in [-0.1, -0.05) is 11.6 Å². The summed E-state index contributed by atoms with van der Waals surface area (Å²) < 4.78 is 43.3. The van der Waals surface area contributed by atoms with Crippen LogP contribution in [0.5, 0.6) is 11.5 Å². The zero-order valence-electron chi connectivity index (χ0n) is 11.4. The van der Waals surface area contributed by atoms with E-state index in [1.54, 1.807) is 12.1 Å². The lowest BCUT2D eigenvalue weighted by Gasteiger charge is -2.17. The third-order valence-corrected chi connectivity index (χ3v) is 3.50. The van der Waals surface area contributed by atoms with Gasteiger partial charge in [0, 0.05) is 5.56 Å². The third-order valence-electron chi connectivity index (χ3n) is 3.20. The summed E-state index contributed by atoms with van der Waals surface area (Å²) in [5.74, 6) is 0.0508. The van der Waals surface area contributed by atoms with Crippen molar-refractivity contribution < 1.29 is 27.5 Å². The summed E-state index contributed by atoms with van der Waals surface area (Å²) in [6.07, 6.45) is -4.47. The summed E-state index contributed by atoms with van der Waals surface area (Å²) in [4.78, 5) is 16.4. The Balaban J connectivity index is 1.86. The molecule has 0 unspecified atom stereocenters. The summed E-state index contributed by atoms with van der Waals surface area (Å²) in [6.45, 7) is 0.166. The lowest BCUT2D eigenvalue weighted by molar-refractivity contribution is -0.137. The molecule has 0 saturated carbocycles. The molecule has 1 aliphatic heterocycles. The monoisotopic (exact) mass is 343 g/mol. The smallest absolute Gasteiger partial charge is 0.416 e. The van der Waals surface area contributed by atoms with Gasteiger partial charge < -0.3 is 4.74 Å². The number of nitrogens with one attached hydrogen (secondary N) is 1. The zero-order chi connectivity index (χ0) is 16.6. The highest BCUT2D eigenvalue weighted by Crippen LogP contribution is 2.36. The Bertz CT molecular complexity index is 777. The number of halogens is 4. The van der Waals surface area contributed by atoms with Gasteiger partial charge in [-0.25, -0.2) is 5.48 Å². The van der Waals surface area contributed by atoms with E-state index in [4.69, 9.17) is 21.2 Å². The Labute approximate surface area is 133 Å². The van der Waals surface area contributed by atoms with Gasteiger partial charge >= 0.3 is 6.18 Å². The fourth-order valence-corrected chi connectivity index (χ4v) is 2.31. The molecular formula is C15H9ClF3NO3. The molecule has 3 rings (SSSR count). The average molecular weight is 344 g/mol. The highest BCUT2D eigenvalue weighted by atomic mass is 35.5. The molecule has 1 aliphatic rings. The number of carbonyl (C=O) groups is 1. The number of hydroxylamine groups is 1. The van der Waals surface area contributed by atoms with Crippen LogP contribution in [0.25, 0.3) is 0 Å². The second kappa shape index (κ2) is 5.75. The van der Waals surface area contributed by atoms with Gasteiger partial charge in [-0.2, -0.15) is 13.2 Å². The van der Waals surface area contributed by atoms with Crippen LogP contribution in [-0.2, 0) is 17.6 Å². The minimum absolute atomic E-state index is 0.0841. The van der Waals surface area contributed by atoms with Crippen molar-refractivity contribution in [2.75, 3.05) is 0 Å². The molecule has 1 amide bonds. The quantitative estimate of drug-likeness (QED) is 0.883. The van der Waals surface area contributed by atoms with Crippen LogP contribution in [0.3, 0.4) is 0 Å². The van der Waals surface area contributed by atoms with Crippen molar-refractivity contribution in [1.82, 2.24) is 5.48 Å². The van der Waals surface area contributed by atoms with Gasteiger partial charge in [0.2, 0.25) is 0 Å². The number of benzene rings is 2. The average Bonchev–Trinajstić information content (AvgIpc) is 2.48. The number of rotatable bonds is 2. The molecule has 1 N–H and O–H groups in total. The van der Waals surface area contributed by atoms with E-state index < -0.39 is 11.7 Å². The summed E-state index contributed by atoms with van der Waals surface area (Å²) in [5, 5.41) is -0.161. The summed E-state index contributed by atoms with van der Waals surface area (Å²) in [5.41, 5.74) is 2.43. The van der Waals surface area contributed by atoms with Gasteiger partial charge in [0.15, 0.2) is 0 Å². The van der Waals surface area contributed by atoms with Crippen molar-refractivity contribution in [3.8, 4) is 11.5 Å². The van der Waals surface area contributed by atoms with Gasteiger partial charge in [0.25, 0.3) is 5.91 Å². The number of ether oxygens (including phenoxy) is 1. The molecule has 0 radical (unpaired) electrons. The molecule has 0 saturated heterocycles. The molecule has 0 spiro atoms. The summed E-state index contributed by atoms with van der Waals surface area (Å²) >= 11 is 5.84. The maximum atomic E-state index is 12.6. The van der Waals surface area contributed by atoms with Crippen LogP contribution in [0.15, 0.2) is 36.4 Å². The van der Waals surface area contributed by atoms with Crippen LogP contribution in [0.2, 0.25) is 5.02 Å². The molecule has 8 heteroatoms. The molecule has 0 fully saturated rings. The maximum Gasteiger partial charge on any atom is 0.416 e. The first kappa shape index (κ1) is 15.6. The highest BCUT2D eigenvalue weighted by molar-refractivity contribution is 6.32. The molecular weight excluding hydrogens is 335 g/mol. The van der Waals surface area contributed by atoms with Crippen LogP contribution in [0, 0.1) is 0 Å². The van der Waals surface area contributed by atoms with E-state index in [0.717, 1.165) is 18.2 Å². The maximum absolute atomic E-state index is 12.6. The molecule has 0 atom stereocenters. The Morgan fingerprint density at radius 2 is 1.96 bits per heavy atom. The Kier molecular flexibility index (Phi) is 3.91. The Hall–Kier alpha value is -2.25. The standard InChI is InChI=1S/C15H9ClF3NO3/c16-12-6-9(15(17,18)19)1-4-13(12)23-10-2-3-11-8(5-10)7-22-20-14(11)21/h1-6H,7H2,(H,20,21). The minimum atomic E-state index is -4.47. The number of hydrogen-bond acceptors (Lipinski definition) is 3. The molecule has 0 aliphatic carbocycles. The Morgan fingerprint density at radius 1 is 1.17 bits per heavy atom. The lowest BCUT2D eigenvalue weighted by atomic mass is 10.1. The van der Waals surface area contributed by atoms with Crippen LogP contribution in [0.1, 0.15) is 21.5 Å². The molecule has 0 bridgehead atoms. The van der Waals surface area contributed by atoms with E-state index in [1.807, 2.05) is 0 Å². The van der Waals surface area contributed by atoms with E-state index in [1.165, 1.54) is 6.07 Å². The molecule has 0 aromatic heterocycles. The van der Waals surface area contributed by atoms with Crippen LogP contribution in [-0.4, -0.2) is 5.91 Å². The highest BCUT2D eigenvalue weighted by Gasteiger charge is 2.31. The zero-order valence-corrected chi connectivity index (χ0v) is 12.2. The first-order valence-electron chi connectivity index (χ1n) is 6.44. The van der Waals surface area contributed by atoms with Gasteiger partial charge in [-0.15, -0.1) is 0 Å². The second-order valence-corrected chi connectivity index (χ2v) is 5.19. The normalized spacial score (nSPS) is 14.2.